The Labute approximate surface area is 56.6 Å². The zero-order valence-electron chi connectivity index (χ0n) is 5.84. The predicted octanol–water partition coefficient (Wildman–Crippen LogP) is 0.605. The standard InChI is InChI=1S/C7H16N2/c8-6-2-1-3-7(9)5-4-6/h6-7H,1-5,8-9H2/t6-,7+. The average Bonchev–Trinajstić information content (AvgIpc) is 1.97. The monoisotopic (exact) mass is 128 g/mol. The van der Waals surface area contributed by atoms with Crippen LogP contribution in [-0.2, 0) is 0 Å². The van der Waals surface area contributed by atoms with Gasteiger partial charge in [-0.25, -0.2) is 0 Å². The van der Waals surface area contributed by atoms with Crippen LogP contribution in [0.15, 0.2) is 0 Å². The molecule has 0 spiro atoms. The predicted molar refractivity (Wildman–Crippen MR) is 39.0 cm³/mol. The lowest BCUT2D eigenvalue weighted by atomic mass is 10.1. The van der Waals surface area contributed by atoms with E-state index < -0.39 is 0 Å². The van der Waals surface area contributed by atoms with E-state index in [0.29, 0.717) is 12.1 Å². The maximum Gasteiger partial charge on any atom is 0.00394 e. The maximum atomic E-state index is 5.74. The van der Waals surface area contributed by atoms with E-state index in [1.165, 1.54) is 19.3 Å². The molecule has 0 amide bonds. The lowest BCUT2D eigenvalue weighted by Gasteiger charge is -2.05. The van der Waals surface area contributed by atoms with E-state index in [1.54, 1.807) is 0 Å². The van der Waals surface area contributed by atoms with Crippen LogP contribution in [0.5, 0.6) is 0 Å². The van der Waals surface area contributed by atoms with Crippen LogP contribution in [0.25, 0.3) is 0 Å². The SMILES string of the molecule is N[C@@H]1CCC[C@H](N)CC1. The Kier molecular flexibility index (Phi) is 2.49. The molecular formula is C7H16N2. The molecule has 1 aliphatic carbocycles. The average molecular weight is 128 g/mol. The zero-order valence-corrected chi connectivity index (χ0v) is 5.84. The molecule has 2 heteroatoms. The third-order valence-corrected chi connectivity index (χ3v) is 2.06. The second-order valence-corrected chi connectivity index (χ2v) is 3.03. The van der Waals surface area contributed by atoms with E-state index in [-0.39, 0.29) is 0 Å². The Hall–Kier alpha value is -0.0800. The van der Waals surface area contributed by atoms with Crippen LogP contribution < -0.4 is 11.5 Å². The van der Waals surface area contributed by atoms with Crippen LogP contribution in [-0.4, -0.2) is 12.1 Å². The van der Waals surface area contributed by atoms with Gasteiger partial charge in [0, 0.05) is 12.1 Å². The molecule has 0 bridgehead atoms. The number of hydrogen-bond acceptors (Lipinski definition) is 2. The molecule has 4 N–H and O–H groups in total. The third kappa shape index (κ3) is 2.33. The summed E-state index contributed by atoms with van der Waals surface area (Å²) in [5.74, 6) is 0. The lowest BCUT2D eigenvalue weighted by Crippen LogP contribution is -2.21. The molecule has 1 fully saturated rings. The number of nitrogens with two attached hydrogens (primary N) is 2. The summed E-state index contributed by atoms with van der Waals surface area (Å²) in [4.78, 5) is 0. The highest BCUT2D eigenvalue weighted by atomic mass is 14.7. The van der Waals surface area contributed by atoms with Crippen molar-refractivity contribution in [2.45, 2.75) is 44.2 Å². The lowest BCUT2D eigenvalue weighted by molar-refractivity contribution is 0.564. The van der Waals surface area contributed by atoms with Gasteiger partial charge in [0.05, 0.1) is 0 Å². The van der Waals surface area contributed by atoms with Crippen LogP contribution in [0.1, 0.15) is 32.1 Å². The van der Waals surface area contributed by atoms with Gasteiger partial charge >= 0.3 is 0 Å². The molecule has 54 valence electrons. The van der Waals surface area contributed by atoms with Gasteiger partial charge in [0.1, 0.15) is 0 Å². The highest BCUT2D eigenvalue weighted by Gasteiger charge is 2.11. The second-order valence-electron chi connectivity index (χ2n) is 3.03. The summed E-state index contributed by atoms with van der Waals surface area (Å²) in [5, 5.41) is 0. The summed E-state index contributed by atoms with van der Waals surface area (Å²) >= 11 is 0. The van der Waals surface area contributed by atoms with Gasteiger partial charge in [-0.1, -0.05) is 6.42 Å². The van der Waals surface area contributed by atoms with Gasteiger partial charge < -0.3 is 11.5 Å². The van der Waals surface area contributed by atoms with Gasteiger partial charge in [0.25, 0.3) is 0 Å². The molecule has 0 aromatic heterocycles. The summed E-state index contributed by atoms with van der Waals surface area (Å²) < 4.78 is 0. The first-order chi connectivity index (χ1) is 4.29. The Morgan fingerprint density at radius 3 is 1.67 bits per heavy atom. The molecule has 2 nitrogen and oxygen atoms in total. The minimum absolute atomic E-state index is 0.429. The first-order valence-corrected chi connectivity index (χ1v) is 3.80. The Balaban J connectivity index is 2.25. The van der Waals surface area contributed by atoms with Crippen LogP contribution in [0.4, 0.5) is 0 Å². The second kappa shape index (κ2) is 3.18. The molecule has 1 saturated carbocycles. The molecule has 0 heterocycles. The molecule has 1 aliphatic rings. The highest BCUT2D eigenvalue weighted by molar-refractivity contribution is 4.73. The normalized spacial score (nSPS) is 38.0. The van der Waals surface area contributed by atoms with Crippen LogP contribution in [0, 0.1) is 0 Å². The van der Waals surface area contributed by atoms with Gasteiger partial charge in [-0.3, -0.25) is 0 Å². The van der Waals surface area contributed by atoms with Crippen LogP contribution in [0.2, 0.25) is 0 Å². The minimum atomic E-state index is 0.429. The molecule has 0 radical (unpaired) electrons. The van der Waals surface area contributed by atoms with Gasteiger partial charge in [-0.15, -0.1) is 0 Å². The van der Waals surface area contributed by atoms with Gasteiger partial charge in [-0.05, 0) is 25.7 Å². The van der Waals surface area contributed by atoms with Crippen molar-refractivity contribution < 1.29 is 0 Å². The summed E-state index contributed by atoms with van der Waals surface area (Å²) in [6.07, 6.45) is 5.83. The molecular weight excluding hydrogens is 112 g/mol. The van der Waals surface area contributed by atoms with E-state index in [4.69, 9.17) is 11.5 Å². The Morgan fingerprint density at radius 1 is 0.778 bits per heavy atom. The van der Waals surface area contributed by atoms with E-state index >= 15 is 0 Å². The first kappa shape index (κ1) is 7.03. The number of rotatable bonds is 0. The Bertz CT molecular complexity index is 73.0. The van der Waals surface area contributed by atoms with Crippen molar-refractivity contribution in [2.24, 2.45) is 11.5 Å². The van der Waals surface area contributed by atoms with Gasteiger partial charge in [0.2, 0.25) is 0 Å². The molecule has 0 unspecified atom stereocenters. The van der Waals surface area contributed by atoms with Crippen LogP contribution >= 0.6 is 0 Å². The van der Waals surface area contributed by atoms with Gasteiger partial charge in [0.15, 0.2) is 0 Å². The van der Waals surface area contributed by atoms with E-state index in [0.717, 1.165) is 12.8 Å². The third-order valence-electron chi connectivity index (χ3n) is 2.06. The number of hydrogen-bond donors (Lipinski definition) is 2. The smallest absolute Gasteiger partial charge is 0.00394 e. The van der Waals surface area contributed by atoms with E-state index in [9.17, 15) is 0 Å². The molecule has 1 rings (SSSR count). The Morgan fingerprint density at radius 2 is 1.22 bits per heavy atom. The molecule has 0 aromatic carbocycles. The topological polar surface area (TPSA) is 52.0 Å². The van der Waals surface area contributed by atoms with Crippen molar-refractivity contribution in [2.75, 3.05) is 0 Å². The fraction of sp³-hybridized carbons (Fsp3) is 1.00. The molecule has 0 aliphatic heterocycles. The molecule has 0 aromatic rings. The molecule has 0 saturated heterocycles. The zero-order chi connectivity index (χ0) is 6.69. The van der Waals surface area contributed by atoms with Gasteiger partial charge in [-0.2, -0.15) is 0 Å². The van der Waals surface area contributed by atoms with Crippen LogP contribution in [0.3, 0.4) is 0 Å². The fourth-order valence-electron chi connectivity index (χ4n) is 1.36. The van der Waals surface area contributed by atoms with Crippen molar-refractivity contribution in [3.05, 3.63) is 0 Å². The quantitative estimate of drug-likeness (QED) is 0.469. The summed E-state index contributed by atoms with van der Waals surface area (Å²) in [6, 6.07) is 0.858. The minimum Gasteiger partial charge on any atom is -0.328 e. The molecule has 2 atom stereocenters. The van der Waals surface area contributed by atoms with Crippen molar-refractivity contribution >= 4 is 0 Å². The van der Waals surface area contributed by atoms with Crippen molar-refractivity contribution in [1.82, 2.24) is 0 Å². The van der Waals surface area contributed by atoms with E-state index in [1.807, 2.05) is 0 Å². The van der Waals surface area contributed by atoms with Crippen molar-refractivity contribution in [3.8, 4) is 0 Å². The fourth-order valence-corrected chi connectivity index (χ4v) is 1.36. The highest BCUT2D eigenvalue weighted by Crippen LogP contribution is 2.14. The summed E-state index contributed by atoms with van der Waals surface area (Å²) in [6.45, 7) is 0. The first-order valence-electron chi connectivity index (χ1n) is 3.80. The van der Waals surface area contributed by atoms with Crippen molar-refractivity contribution in [1.29, 1.82) is 0 Å². The largest absolute Gasteiger partial charge is 0.328 e. The maximum absolute atomic E-state index is 5.74. The summed E-state index contributed by atoms with van der Waals surface area (Å²) in [7, 11) is 0. The van der Waals surface area contributed by atoms with Crippen molar-refractivity contribution in [3.63, 3.8) is 0 Å². The molecule has 9 heavy (non-hydrogen) atoms. The van der Waals surface area contributed by atoms with E-state index in [2.05, 4.69) is 0 Å². The summed E-state index contributed by atoms with van der Waals surface area (Å²) in [5.41, 5.74) is 11.5.